The molecule has 2 aromatic rings. The summed E-state index contributed by atoms with van der Waals surface area (Å²) in [7, 11) is 0. The van der Waals surface area contributed by atoms with Crippen molar-refractivity contribution in [1.29, 1.82) is 0 Å². The van der Waals surface area contributed by atoms with Crippen LogP contribution in [0.5, 0.6) is 0 Å². The zero-order chi connectivity index (χ0) is 20.1. The van der Waals surface area contributed by atoms with E-state index in [0.29, 0.717) is 12.1 Å². The van der Waals surface area contributed by atoms with Crippen molar-refractivity contribution in [3.05, 3.63) is 71.6 Å². The van der Waals surface area contributed by atoms with Crippen LogP contribution >= 0.6 is 0 Å². The SMILES string of the molecule is C/C=C/c1ccc([C@@H]2[C@@H](CNC(=O)c3ccncc3)N(C(C)=O)[C@H]2CO)cc1. The molecule has 6 heteroatoms. The Kier molecular flexibility index (Phi) is 6.21. The Labute approximate surface area is 164 Å². The van der Waals surface area contributed by atoms with Crippen LogP contribution in [0, 0.1) is 0 Å². The smallest absolute Gasteiger partial charge is 0.251 e. The van der Waals surface area contributed by atoms with E-state index >= 15 is 0 Å². The van der Waals surface area contributed by atoms with E-state index in [4.69, 9.17) is 0 Å². The van der Waals surface area contributed by atoms with Crippen LogP contribution in [0.25, 0.3) is 6.08 Å². The number of benzene rings is 1. The third-order valence-corrected chi connectivity index (χ3v) is 5.19. The van der Waals surface area contributed by atoms with Crippen molar-refractivity contribution in [2.75, 3.05) is 13.2 Å². The van der Waals surface area contributed by atoms with Crippen molar-refractivity contribution in [2.45, 2.75) is 31.8 Å². The maximum absolute atomic E-state index is 12.4. The molecule has 3 rings (SSSR count). The minimum absolute atomic E-state index is 0.0358. The molecule has 0 radical (unpaired) electrons. The molecule has 1 aromatic heterocycles. The van der Waals surface area contributed by atoms with Gasteiger partial charge in [-0.2, -0.15) is 0 Å². The van der Waals surface area contributed by atoms with E-state index in [1.165, 1.54) is 6.92 Å². The number of amides is 2. The molecule has 3 atom stereocenters. The zero-order valence-electron chi connectivity index (χ0n) is 16.1. The highest BCUT2D eigenvalue weighted by atomic mass is 16.3. The zero-order valence-corrected chi connectivity index (χ0v) is 16.1. The molecule has 1 aliphatic heterocycles. The van der Waals surface area contributed by atoms with Crippen LogP contribution in [0.2, 0.25) is 0 Å². The van der Waals surface area contributed by atoms with E-state index in [2.05, 4.69) is 10.3 Å². The molecule has 1 fully saturated rings. The van der Waals surface area contributed by atoms with Crippen LogP contribution < -0.4 is 5.32 Å². The summed E-state index contributed by atoms with van der Waals surface area (Å²) in [6.45, 7) is 3.66. The fourth-order valence-electron chi connectivity index (χ4n) is 3.91. The second kappa shape index (κ2) is 8.80. The highest BCUT2D eigenvalue weighted by Crippen LogP contribution is 2.40. The lowest BCUT2D eigenvalue weighted by molar-refractivity contribution is -0.147. The van der Waals surface area contributed by atoms with Crippen molar-refractivity contribution in [3.8, 4) is 0 Å². The van der Waals surface area contributed by atoms with Crippen LogP contribution in [0.1, 0.15) is 41.3 Å². The number of aliphatic hydroxyl groups excluding tert-OH is 1. The molecule has 0 spiro atoms. The monoisotopic (exact) mass is 379 g/mol. The third-order valence-electron chi connectivity index (χ3n) is 5.19. The average Bonchev–Trinajstić information content (AvgIpc) is 2.69. The molecule has 0 bridgehead atoms. The quantitative estimate of drug-likeness (QED) is 0.806. The second-order valence-electron chi connectivity index (χ2n) is 6.88. The molecule has 2 N–H and O–H groups in total. The average molecular weight is 379 g/mol. The van der Waals surface area contributed by atoms with Crippen molar-refractivity contribution < 1.29 is 14.7 Å². The lowest BCUT2D eigenvalue weighted by atomic mass is 9.75. The molecule has 0 unspecified atom stereocenters. The Hall–Kier alpha value is -2.99. The van der Waals surface area contributed by atoms with Gasteiger partial charge in [-0.15, -0.1) is 0 Å². The highest BCUT2D eigenvalue weighted by molar-refractivity contribution is 5.94. The van der Waals surface area contributed by atoms with Crippen molar-refractivity contribution in [1.82, 2.24) is 15.2 Å². The minimum Gasteiger partial charge on any atom is -0.394 e. The maximum Gasteiger partial charge on any atom is 0.251 e. The van der Waals surface area contributed by atoms with Crippen molar-refractivity contribution in [2.24, 2.45) is 0 Å². The molecule has 0 aliphatic carbocycles. The summed E-state index contributed by atoms with van der Waals surface area (Å²) in [5, 5.41) is 12.8. The number of allylic oxidation sites excluding steroid dienone is 1. The molecular formula is C22H25N3O3. The molecule has 1 aromatic carbocycles. The summed E-state index contributed by atoms with van der Waals surface area (Å²) in [6.07, 6.45) is 7.13. The highest BCUT2D eigenvalue weighted by Gasteiger charge is 2.49. The largest absolute Gasteiger partial charge is 0.394 e. The predicted octanol–water partition coefficient (Wildman–Crippen LogP) is 2.22. The molecular weight excluding hydrogens is 354 g/mol. The number of nitrogens with zero attached hydrogens (tertiary/aromatic N) is 2. The number of likely N-dealkylation sites (tertiary alicyclic amines) is 1. The Morgan fingerprint density at radius 3 is 2.39 bits per heavy atom. The van der Waals surface area contributed by atoms with E-state index < -0.39 is 0 Å². The summed E-state index contributed by atoms with van der Waals surface area (Å²) in [4.78, 5) is 30.1. The van der Waals surface area contributed by atoms with Gasteiger partial charge in [0, 0.05) is 37.3 Å². The molecule has 2 amide bonds. The first-order valence-electron chi connectivity index (χ1n) is 9.37. The number of carbonyl (C=O) groups is 2. The fourth-order valence-corrected chi connectivity index (χ4v) is 3.91. The van der Waals surface area contributed by atoms with Crippen LogP contribution in [0.3, 0.4) is 0 Å². The topological polar surface area (TPSA) is 82.5 Å². The van der Waals surface area contributed by atoms with Crippen LogP contribution in [-0.4, -0.2) is 52.0 Å². The van der Waals surface area contributed by atoms with E-state index in [1.54, 1.807) is 29.4 Å². The Bertz CT molecular complexity index is 849. The molecule has 2 heterocycles. The minimum atomic E-state index is -0.284. The first-order valence-corrected chi connectivity index (χ1v) is 9.37. The number of hydrogen-bond donors (Lipinski definition) is 2. The van der Waals surface area contributed by atoms with Gasteiger partial charge in [0.25, 0.3) is 5.91 Å². The van der Waals surface area contributed by atoms with Gasteiger partial charge in [-0.3, -0.25) is 14.6 Å². The molecule has 146 valence electrons. The Morgan fingerprint density at radius 2 is 1.82 bits per heavy atom. The lowest BCUT2D eigenvalue weighted by Crippen LogP contribution is -2.68. The summed E-state index contributed by atoms with van der Waals surface area (Å²) in [6, 6.07) is 10.9. The lowest BCUT2D eigenvalue weighted by Gasteiger charge is -2.54. The number of hydrogen-bond acceptors (Lipinski definition) is 4. The summed E-state index contributed by atoms with van der Waals surface area (Å²) >= 11 is 0. The third kappa shape index (κ3) is 3.97. The molecule has 28 heavy (non-hydrogen) atoms. The van der Waals surface area contributed by atoms with Gasteiger partial charge in [0.1, 0.15) is 0 Å². The van der Waals surface area contributed by atoms with Gasteiger partial charge in [-0.05, 0) is 30.2 Å². The summed E-state index contributed by atoms with van der Waals surface area (Å²) < 4.78 is 0. The molecule has 6 nitrogen and oxygen atoms in total. The van der Waals surface area contributed by atoms with Gasteiger partial charge in [0.2, 0.25) is 5.91 Å². The van der Waals surface area contributed by atoms with Gasteiger partial charge in [-0.25, -0.2) is 0 Å². The fraction of sp³-hybridized carbons (Fsp3) is 0.318. The first-order chi connectivity index (χ1) is 13.6. The van der Waals surface area contributed by atoms with E-state index in [0.717, 1.165) is 11.1 Å². The number of aromatic nitrogens is 1. The normalized spacial score (nSPS) is 21.4. The molecule has 1 saturated heterocycles. The van der Waals surface area contributed by atoms with Crippen molar-refractivity contribution >= 4 is 17.9 Å². The van der Waals surface area contributed by atoms with Gasteiger partial charge in [0.15, 0.2) is 0 Å². The summed E-state index contributed by atoms with van der Waals surface area (Å²) in [5.41, 5.74) is 2.67. The van der Waals surface area contributed by atoms with E-state index in [-0.39, 0.29) is 36.4 Å². The van der Waals surface area contributed by atoms with Crippen LogP contribution in [-0.2, 0) is 4.79 Å². The Balaban J connectivity index is 1.78. The number of pyridine rings is 1. The second-order valence-corrected chi connectivity index (χ2v) is 6.88. The van der Waals surface area contributed by atoms with Gasteiger partial charge < -0.3 is 15.3 Å². The number of rotatable bonds is 6. The number of aliphatic hydroxyl groups is 1. The van der Waals surface area contributed by atoms with Gasteiger partial charge in [-0.1, -0.05) is 36.4 Å². The van der Waals surface area contributed by atoms with E-state index in [1.807, 2.05) is 43.3 Å². The number of nitrogens with one attached hydrogen (secondary N) is 1. The Morgan fingerprint density at radius 1 is 1.14 bits per heavy atom. The van der Waals surface area contributed by atoms with Crippen LogP contribution in [0.15, 0.2) is 54.9 Å². The standard InChI is InChI=1S/C22H25N3O3/c1-3-4-16-5-7-17(8-6-16)21-19(25(15(2)27)20(21)14-26)13-24-22(28)18-9-11-23-12-10-18/h3-12,19-21,26H,13-14H2,1-2H3,(H,24,28)/b4-3+/t19-,20+,21-/m1/s1. The molecule has 0 saturated carbocycles. The molecule has 1 aliphatic rings. The first kappa shape index (κ1) is 19.8. The number of carbonyl (C=O) groups excluding carboxylic acids is 2. The maximum atomic E-state index is 12.4. The van der Waals surface area contributed by atoms with Gasteiger partial charge in [0.05, 0.1) is 18.7 Å². The van der Waals surface area contributed by atoms with Crippen molar-refractivity contribution in [3.63, 3.8) is 0 Å². The van der Waals surface area contributed by atoms with E-state index in [9.17, 15) is 14.7 Å². The summed E-state index contributed by atoms with van der Waals surface area (Å²) in [5.74, 6) is -0.351. The predicted molar refractivity (Wildman–Crippen MR) is 108 cm³/mol. The van der Waals surface area contributed by atoms with Crippen LogP contribution in [0.4, 0.5) is 0 Å². The van der Waals surface area contributed by atoms with Gasteiger partial charge >= 0.3 is 0 Å².